The van der Waals surface area contributed by atoms with Crippen LogP contribution < -0.4 is 0 Å². The molecule has 92 valence electrons. The number of hydrogen-bond donors (Lipinski definition) is 0. The second-order valence-corrected chi connectivity index (χ2v) is 4.56. The second-order valence-electron chi connectivity index (χ2n) is 4.56. The van der Waals surface area contributed by atoms with Crippen molar-refractivity contribution in [1.29, 1.82) is 0 Å². The van der Waals surface area contributed by atoms with E-state index in [4.69, 9.17) is 4.74 Å². The first-order chi connectivity index (χ1) is 7.77. The largest absolute Gasteiger partial charge is 0.431 e. The molecule has 1 rings (SSSR count). The fraction of sp³-hybridized carbons (Fsp3) is 0.786. The van der Waals surface area contributed by atoms with Gasteiger partial charge in [0.25, 0.3) is 0 Å². The third-order valence-corrected chi connectivity index (χ3v) is 3.05. The maximum absolute atomic E-state index is 11.4. The minimum Gasteiger partial charge on any atom is -0.431 e. The van der Waals surface area contributed by atoms with Gasteiger partial charge in [0.2, 0.25) is 0 Å². The zero-order valence-corrected chi connectivity index (χ0v) is 10.7. The van der Waals surface area contributed by atoms with E-state index in [1.807, 2.05) is 6.92 Å². The molecule has 0 unspecified atom stereocenters. The van der Waals surface area contributed by atoms with Gasteiger partial charge < -0.3 is 4.74 Å². The highest BCUT2D eigenvalue weighted by atomic mass is 16.5. The van der Waals surface area contributed by atoms with Crippen molar-refractivity contribution in [3.8, 4) is 0 Å². The molecule has 1 aliphatic carbocycles. The lowest BCUT2D eigenvalue weighted by molar-refractivity contribution is -0.139. The van der Waals surface area contributed by atoms with E-state index in [1.54, 1.807) is 0 Å². The Morgan fingerprint density at radius 3 is 2.69 bits per heavy atom. The zero-order valence-electron chi connectivity index (χ0n) is 10.7. The Morgan fingerprint density at radius 1 is 1.19 bits per heavy atom. The van der Waals surface area contributed by atoms with Gasteiger partial charge >= 0.3 is 5.97 Å². The van der Waals surface area contributed by atoms with E-state index in [0.29, 0.717) is 6.42 Å². The van der Waals surface area contributed by atoms with E-state index in [1.165, 1.54) is 24.8 Å². The number of hydrogen-bond acceptors (Lipinski definition) is 2. The minimum atomic E-state index is -0.0487. The lowest BCUT2D eigenvalue weighted by Crippen LogP contribution is -2.03. The number of rotatable bonds is 7. The van der Waals surface area contributed by atoms with Gasteiger partial charge in [-0.15, -0.1) is 0 Å². The Bertz CT molecular complexity index is 253. The third kappa shape index (κ3) is 4.38. The van der Waals surface area contributed by atoms with Crippen LogP contribution in [0.3, 0.4) is 0 Å². The van der Waals surface area contributed by atoms with Crippen molar-refractivity contribution in [3.63, 3.8) is 0 Å². The van der Waals surface area contributed by atoms with Gasteiger partial charge in [-0.05, 0) is 37.7 Å². The van der Waals surface area contributed by atoms with E-state index in [-0.39, 0.29) is 5.97 Å². The van der Waals surface area contributed by atoms with Gasteiger partial charge in [0.1, 0.15) is 5.76 Å². The Hall–Kier alpha value is -0.790. The molecule has 0 fully saturated rings. The van der Waals surface area contributed by atoms with E-state index < -0.39 is 0 Å². The molecular weight excluding hydrogens is 200 g/mol. The zero-order chi connectivity index (χ0) is 11.8. The van der Waals surface area contributed by atoms with Crippen LogP contribution in [0.4, 0.5) is 0 Å². The molecule has 0 aromatic rings. The molecule has 2 nitrogen and oxygen atoms in total. The summed E-state index contributed by atoms with van der Waals surface area (Å²) in [6, 6.07) is 0. The number of ether oxygens (including phenoxy) is 1. The average molecular weight is 224 g/mol. The Balaban J connectivity index is 2.40. The van der Waals surface area contributed by atoms with Crippen LogP contribution in [0.1, 0.15) is 71.6 Å². The fourth-order valence-electron chi connectivity index (χ4n) is 2.15. The second kappa shape index (κ2) is 7.48. The molecule has 0 aromatic heterocycles. The lowest BCUT2D eigenvalue weighted by atomic mass is 10.1. The molecule has 0 aliphatic heterocycles. The SMILES string of the molecule is CCCCCC1=C(OC(=O)CCC)CCC1. The van der Waals surface area contributed by atoms with Gasteiger partial charge in [-0.1, -0.05) is 26.7 Å². The molecule has 1 aliphatic rings. The summed E-state index contributed by atoms with van der Waals surface area (Å²) in [7, 11) is 0. The van der Waals surface area contributed by atoms with E-state index in [0.717, 1.165) is 37.9 Å². The molecule has 0 amide bonds. The van der Waals surface area contributed by atoms with Crippen LogP contribution in [-0.4, -0.2) is 5.97 Å². The summed E-state index contributed by atoms with van der Waals surface area (Å²) in [4.78, 5) is 11.4. The predicted octanol–water partition coefficient (Wildman–Crippen LogP) is 4.35. The van der Waals surface area contributed by atoms with E-state index >= 15 is 0 Å². The summed E-state index contributed by atoms with van der Waals surface area (Å²) in [5.41, 5.74) is 1.40. The first-order valence-electron chi connectivity index (χ1n) is 6.69. The molecule has 0 saturated heterocycles. The minimum absolute atomic E-state index is 0.0487. The van der Waals surface area contributed by atoms with Crippen LogP contribution in [0.25, 0.3) is 0 Å². The van der Waals surface area contributed by atoms with Crippen molar-refractivity contribution in [3.05, 3.63) is 11.3 Å². The number of esters is 1. The first-order valence-corrected chi connectivity index (χ1v) is 6.69. The molecular formula is C14H24O2. The van der Waals surface area contributed by atoms with Gasteiger partial charge in [-0.25, -0.2) is 0 Å². The lowest BCUT2D eigenvalue weighted by Gasteiger charge is -2.08. The van der Waals surface area contributed by atoms with Crippen LogP contribution in [-0.2, 0) is 9.53 Å². The van der Waals surface area contributed by atoms with Gasteiger partial charge in [-0.2, -0.15) is 0 Å². The molecule has 2 heteroatoms. The molecule has 0 radical (unpaired) electrons. The number of allylic oxidation sites excluding steroid dienone is 2. The molecule has 0 N–H and O–H groups in total. The van der Waals surface area contributed by atoms with Crippen LogP contribution >= 0.6 is 0 Å². The molecule has 0 heterocycles. The Labute approximate surface area is 99.1 Å². The Kier molecular flexibility index (Phi) is 6.20. The van der Waals surface area contributed by atoms with Crippen LogP contribution in [0, 0.1) is 0 Å². The van der Waals surface area contributed by atoms with Gasteiger partial charge in [0.15, 0.2) is 0 Å². The average Bonchev–Trinajstić information content (AvgIpc) is 2.66. The summed E-state index contributed by atoms with van der Waals surface area (Å²) in [5.74, 6) is 0.946. The molecule has 0 spiro atoms. The Morgan fingerprint density at radius 2 is 2.00 bits per heavy atom. The molecule has 0 bridgehead atoms. The van der Waals surface area contributed by atoms with Crippen molar-refractivity contribution in [2.45, 2.75) is 71.6 Å². The summed E-state index contributed by atoms with van der Waals surface area (Å²) < 4.78 is 5.44. The maximum Gasteiger partial charge on any atom is 0.310 e. The number of unbranched alkanes of at least 4 members (excludes halogenated alkanes) is 2. The van der Waals surface area contributed by atoms with Gasteiger partial charge in [0, 0.05) is 12.8 Å². The standard InChI is InChI=1S/C14H24O2/c1-3-5-6-9-12-10-7-11-13(12)16-14(15)8-4-2/h3-11H2,1-2H3. The normalized spacial score (nSPS) is 15.6. The third-order valence-electron chi connectivity index (χ3n) is 3.05. The van der Waals surface area contributed by atoms with Crippen LogP contribution in [0.15, 0.2) is 11.3 Å². The van der Waals surface area contributed by atoms with E-state index in [2.05, 4.69) is 6.92 Å². The van der Waals surface area contributed by atoms with E-state index in [9.17, 15) is 4.79 Å². The van der Waals surface area contributed by atoms with Crippen LogP contribution in [0.2, 0.25) is 0 Å². The monoisotopic (exact) mass is 224 g/mol. The summed E-state index contributed by atoms with van der Waals surface area (Å²) in [6.45, 7) is 4.22. The van der Waals surface area contributed by atoms with Gasteiger partial charge in [-0.3, -0.25) is 4.79 Å². The molecule has 0 aromatic carbocycles. The predicted molar refractivity (Wildman–Crippen MR) is 66.0 cm³/mol. The topological polar surface area (TPSA) is 26.3 Å². The summed E-state index contributed by atoms with van der Waals surface area (Å²) in [6.07, 6.45) is 9.58. The maximum atomic E-state index is 11.4. The van der Waals surface area contributed by atoms with Crippen molar-refractivity contribution in [1.82, 2.24) is 0 Å². The molecule has 0 atom stereocenters. The highest BCUT2D eigenvalue weighted by Gasteiger charge is 2.17. The highest BCUT2D eigenvalue weighted by molar-refractivity contribution is 5.70. The number of carbonyl (C=O) groups is 1. The van der Waals surface area contributed by atoms with Crippen molar-refractivity contribution in [2.75, 3.05) is 0 Å². The van der Waals surface area contributed by atoms with Crippen molar-refractivity contribution < 1.29 is 9.53 Å². The number of carbonyl (C=O) groups excluding carboxylic acids is 1. The molecule has 0 saturated carbocycles. The summed E-state index contributed by atoms with van der Waals surface area (Å²) in [5, 5.41) is 0. The van der Waals surface area contributed by atoms with Crippen molar-refractivity contribution in [2.24, 2.45) is 0 Å². The summed E-state index contributed by atoms with van der Waals surface area (Å²) >= 11 is 0. The van der Waals surface area contributed by atoms with Gasteiger partial charge in [0.05, 0.1) is 0 Å². The smallest absolute Gasteiger partial charge is 0.310 e. The van der Waals surface area contributed by atoms with Crippen molar-refractivity contribution >= 4 is 5.97 Å². The van der Waals surface area contributed by atoms with Crippen LogP contribution in [0.5, 0.6) is 0 Å². The first kappa shape index (κ1) is 13.3. The quantitative estimate of drug-likeness (QED) is 0.475. The highest BCUT2D eigenvalue weighted by Crippen LogP contribution is 2.30. The fourth-order valence-corrected chi connectivity index (χ4v) is 2.15. The molecule has 16 heavy (non-hydrogen) atoms.